The molecule has 1 atom stereocenters. The second kappa shape index (κ2) is 8.90. The molecule has 27 heavy (non-hydrogen) atoms. The zero-order valence-corrected chi connectivity index (χ0v) is 15.1. The van der Waals surface area contributed by atoms with Crippen LogP contribution >= 0.6 is 0 Å². The first-order chi connectivity index (χ1) is 13.2. The normalized spacial score (nSPS) is 15.3. The first-order valence-corrected chi connectivity index (χ1v) is 8.92. The third-order valence-electron chi connectivity index (χ3n) is 4.50. The van der Waals surface area contributed by atoms with Crippen LogP contribution < -0.4 is 0 Å². The number of hydrogen-bond donors (Lipinski definition) is 1. The summed E-state index contributed by atoms with van der Waals surface area (Å²) < 4.78 is 0. The van der Waals surface area contributed by atoms with Gasteiger partial charge < -0.3 is 10.0 Å². The Labute approximate surface area is 160 Å². The van der Waals surface area contributed by atoms with E-state index in [1.165, 1.54) is 0 Å². The summed E-state index contributed by atoms with van der Waals surface area (Å²) in [6, 6.07) is 17.7. The predicted molar refractivity (Wildman–Crippen MR) is 106 cm³/mol. The molecule has 134 valence electrons. The van der Waals surface area contributed by atoms with Gasteiger partial charge in [-0.1, -0.05) is 72.7 Å². The second-order valence-electron chi connectivity index (χ2n) is 6.31. The van der Waals surface area contributed by atoms with E-state index in [1.54, 1.807) is 0 Å². The second-order valence-corrected chi connectivity index (χ2v) is 6.31. The van der Waals surface area contributed by atoms with Gasteiger partial charge in [-0.2, -0.15) is 0 Å². The molecule has 0 unspecified atom stereocenters. The van der Waals surface area contributed by atoms with Gasteiger partial charge in [-0.05, 0) is 24.1 Å². The van der Waals surface area contributed by atoms with Crippen LogP contribution in [-0.4, -0.2) is 28.6 Å². The average Bonchev–Trinajstić information content (AvgIpc) is 2.72. The topological polar surface area (TPSA) is 40.5 Å². The highest BCUT2D eigenvalue weighted by Crippen LogP contribution is 2.29. The van der Waals surface area contributed by atoms with Gasteiger partial charge in [0.05, 0.1) is 6.04 Å². The third-order valence-corrected chi connectivity index (χ3v) is 4.50. The Kier molecular flexibility index (Phi) is 6.10. The standard InChI is InChI=1S/C24H21NO2/c1-19-23(25(24(19)27)18-20-10-3-2-4-11-20)16-8-7-14-21-12-5-6-13-22(21)15-9-17-26/h2-6,10-13,23,26H,1,8,16-18H2/t23-/m1/s1. The molecular weight excluding hydrogens is 334 g/mol. The minimum absolute atomic E-state index is 0.0291. The van der Waals surface area contributed by atoms with Gasteiger partial charge in [0, 0.05) is 29.7 Å². The van der Waals surface area contributed by atoms with E-state index in [2.05, 4.69) is 30.3 Å². The molecule has 0 saturated carbocycles. The molecule has 1 aliphatic heterocycles. The maximum Gasteiger partial charge on any atom is 0.252 e. The van der Waals surface area contributed by atoms with Crippen LogP contribution in [0.15, 0.2) is 66.7 Å². The fraction of sp³-hybridized carbons (Fsp3) is 0.208. The van der Waals surface area contributed by atoms with Gasteiger partial charge in [0.2, 0.25) is 0 Å². The number of β-lactam (4-membered cyclic amide) rings is 1. The molecule has 1 saturated heterocycles. The number of likely N-dealkylation sites (tertiary alicyclic amines) is 1. The van der Waals surface area contributed by atoms with Crippen LogP contribution in [0.1, 0.15) is 29.5 Å². The summed E-state index contributed by atoms with van der Waals surface area (Å²) >= 11 is 0. The van der Waals surface area contributed by atoms with E-state index in [0.29, 0.717) is 18.5 Å². The van der Waals surface area contributed by atoms with Crippen LogP contribution in [0.3, 0.4) is 0 Å². The molecule has 1 fully saturated rings. The molecule has 0 aromatic heterocycles. The summed E-state index contributed by atoms with van der Waals surface area (Å²) in [5, 5.41) is 8.85. The van der Waals surface area contributed by atoms with Crippen molar-refractivity contribution in [3.05, 3.63) is 83.4 Å². The van der Waals surface area contributed by atoms with Crippen molar-refractivity contribution in [3.63, 3.8) is 0 Å². The lowest BCUT2D eigenvalue weighted by atomic mass is 9.91. The smallest absolute Gasteiger partial charge is 0.252 e. The minimum atomic E-state index is -0.170. The molecule has 3 heteroatoms. The molecule has 3 nitrogen and oxygen atoms in total. The van der Waals surface area contributed by atoms with Crippen molar-refractivity contribution < 1.29 is 9.90 Å². The van der Waals surface area contributed by atoms with Crippen molar-refractivity contribution in [2.75, 3.05) is 6.61 Å². The quantitative estimate of drug-likeness (QED) is 0.520. The number of rotatable bonds is 4. The van der Waals surface area contributed by atoms with Gasteiger partial charge in [0.1, 0.15) is 6.61 Å². The van der Waals surface area contributed by atoms with Gasteiger partial charge in [0.15, 0.2) is 0 Å². The van der Waals surface area contributed by atoms with Gasteiger partial charge in [0.25, 0.3) is 5.91 Å². The maximum atomic E-state index is 12.1. The van der Waals surface area contributed by atoms with Crippen molar-refractivity contribution in [2.45, 2.75) is 25.4 Å². The summed E-state index contributed by atoms with van der Waals surface area (Å²) in [5.41, 5.74) is 3.45. The van der Waals surface area contributed by atoms with Crippen LogP contribution in [0.4, 0.5) is 0 Å². The fourth-order valence-electron chi connectivity index (χ4n) is 3.09. The molecule has 3 rings (SSSR count). The molecule has 0 spiro atoms. The van der Waals surface area contributed by atoms with Gasteiger partial charge in [-0.3, -0.25) is 4.79 Å². The van der Waals surface area contributed by atoms with Crippen molar-refractivity contribution in [1.29, 1.82) is 0 Å². The third kappa shape index (κ3) is 4.47. The minimum Gasteiger partial charge on any atom is -0.384 e. The number of carbonyl (C=O) groups excluding carboxylic acids is 1. The van der Waals surface area contributed by atoms with Gasteiger partial charge in [-0.15, -0.1) is 0 Å². The molecule has 1 heterocycles. The van der Waals surface area contributed by atoms with E-state index >= 15 is 0 Å². The number of carbonyl (C=O) groups is 1. The number of hydrogen-bond acceptors (Lipinski definition) is 2. The number of aliphatic hydroxyl groups is 1. The van der Waals surface area contributed by atoms with Crippen LogP contribution in [0.5, 0.6) is 0 Å². The number of amides is 1. The molecule has 1 aliphatic rings. The molecule has 0 bridgehead atoms. The van der Waals surface area contributed by atoms with E-state index < -0.39 is 0 Å². The molecule has 0 radical (unpaired) electrons. The van der Waals surface area contributed by atoms with Crippen LogP contribution in [0, 0.1) is 23.7 Å². The predicted octanol–water partition coefficient (Wildman–Crippen LogP) is 3.13. The van der Waals surface area contributed by atoms with Crippen molar-refractivity contribution in [3.8, 4) is 23.7 Å². The highest BCUT2D eigenvalue weighted by Gasteiger charge is 2.39. The molecular formula is C24H21NO2. The van der Waals surface area contributed by atoms with E-state index in [1.807, 2.05) is 59.5 Å². The van der Waals surface area contributed by atoms with E-state index in [-0.39, 0.29) is 18.6 Å². The number of nitrogens with zero attached hydrogens (tertiary/aromatic N) is 1. The summed E-state index contributed by atoms with van der Waals surface area (Å²) in [7, 11) is 0. The van der Waals surface area contributed by atoms with Crippen LogP contribution in [0.25, 0.3) is 0 Å². The fourth-order valence-corrected chi connectivity index (χ4v) is 3.09. The lowest BCUT2D eigenvalue weighted by molar-refractivity contribution is -0.137. The Morgan fingerprint density at radius 1 is 0.963 bits per heavy atom. The zero-order chi connectivity index (χ0) is 19.1. The summed E-state index contributed by atoms with van der Waals surface area (Å²) in [6.45, 7) is 4.36. The van der Waals surface area contributed by atoms with E-state index in [9.17, 15) is 4.79 Å². The summed E-state index contributed by atoms with van der Waals surface area (Å²) in [4.78, 5) is 14.0. The Morgan fingerprint density at radius 2 is 1.59 bits per heavy atom. The van der Waals surface area contributed by atoms with Crippen molar-refractivity contribution in [2.24, 2.45) is 0 Å². The van der Waals surface area contributed by atoms with Crippen LogP contribution in [-0.2, 0) is 11.3 Å². The SMILES string of the molecule is C=C1C(=O)N(Cc2ccccc2)[C@@H]1CCC#Cc1ccccc1C#CCO. The van der Waals surface area contributed by atoms with E-state index in [4.69, 9.17) is 5.11 Å². The van der Waals surface area contributed by atoms with Crippen molar-refractivity contribution >= 4 is 5.91 Å². The molecule has 1 amide bonds. The molecule has 0 aliphatic carbocycles. The molecule has 2 aromatic carbocycles. The van der Waals surface area contributed by atoms with Gasteiger partial charge in [-0.25, -0.2) is 0 Å². The van der Waals surface area contributed by atoms with Crippen molar-refractivity contribution in [1.82, 2.24) is 4.90 Å². The number of aliphatic hydroxyl groups excluding tert-OH is 1. The monoisotopic (exact) mass is 355 g/mol. The Morgan fingerprint density at radius 3 is 2.26 bits per heavy atom. The summed E-state index contributed by atoms with van der Waals surface area (Å²) in [5.74, 6) is 11.9. The molecule has 2 aromatic rings. The highest BCUT2D eigenvalue weighted by molar-refractivity contribution is 6.01. The average molecular weight is 355 g/mol. The number of benzene rings is 2. The van der Waals surface area contributed by atoms with Crippen LogP contribution in [0.2, 0.25) is 0 Å². The lowest BCUT2D eigenvalue weighted by Crippen LogP contribution is -2.53. The summed E-state index contributed by atoms with van der Waals surface area (Å²) in [6.07, 6.45) is 1.44. The van der Waals surface area contributed by atoms with E-state index in [0.717, 1.165) is 23.1 Å². The Balaban J connectivity index is 1.61. The largest absolute Gasteiger partial charge is 0.384 e. The Bertz CT molecular complexity index is 954. The zero-order valence-electron chi connectivity index (χ0n) is 15.1. The lowest BCUT2D eigenvalue weighted by Gasteiger charge is -2.42. The first kappa shape index (κ1) is 18.5. The first-order valence-electron chi connectivity index (χ1n) is 8.92. The van der Waals surface area contributed by atoms with Gasteiger partial charge >= 0.3 is 0 Å². The molecule has 1 N–H and O–H groups in total. The Hall–Kier alpha value is -3.27. The maximum absolute atomic E-state index is 12.1. The highest BCUT2D eigenvalue weighted by atomic mass is 16.2.